The molecule has 2 fully saturated rings. The van der Waals surface area contributed by atoms with Crippen LogP contribution in [0.2, 0.25) is 0 Å². The lowest BCUT2D eigenvalue weighted by molar-refractivity contribution is 0.0963. The minimum Gasteiger partial charge on any atom is -0.450 e. The fraction of sp³-hybridized carbons (Fsp3) is 0.652. The zero-order valence-electron chi connectivity index (χ0n) is 18.9. The molecule has 0 bridgehead atoms. The van der Waals surface area contributed by atoms with Crippen LogP contribution in [0.25, 0.3) is 0 Å². The molecule has 0 unspecified atom stereocenters. The van der Waals surface area contributed by atoms with Crippen LogP contribution in [0.3, 0.4) is 0 Å². The van der Waals surface area contributed by atoms with Crippen molar-refractivity contribution >= 4 is 36.0 Å². The standard InChI is InChI=1S/C23H37N5O2.HI/c1-3-30-23(29)28-14-10-21(11-15-28)26-22(24)25-16-19-4-6-20(7-5-19)17-27-12-8-18(2)9-13-27;/h4-7,18,21H,3,8-17H2,1-2H3,(H3,24,25,26);1H. The molecule has 7 nitrogen and oxygen atoms in total. The van der Waals surface area contributed by atoms with Crippen LogP contribution in [-0.2, 0) is 17.8 Å². The van der Waals surface area contributed by atoms with E-state index in [2.05, 4.69) is 46.4 Å². The second kappa shape index (κ2) is 13.1. The van der Waals surface area contributed by atoms with Gasteiger partial charge in [0.25, 0.3) is 0 Å². The molecular weight excluding hydrogens is 505 g/mol. The number of amides is 1. The number of piperidine rings is 2. The Labute approximate surface area is 203 Å². The maximum atomic E-state index is 11.8. The lowest BCUT2D eigenvalue weighted by Gasteiger charge is -2.31. The maximum Gasteiger partial charge on any atom is 0.409 e. The van der Waals surface area contributed by atoms with Crippen LogP contribution in [0, 0.1) is 5.92 Å². The summed E-state index contributed by atoms with van der Waals surface area (Å²) >= 11 is 0. The Morgan fingerprint density at radius 3 is 2.32 bits per heavy atom. The van der Waals surface area contributed by atoms with E-state index in [1.165, 1.54) is 31.5 Å². The predicted molar refractivity (Wildman–Crippen MR) is 136 cm³/mol. The molecule has 31 heavy (non-hydrogen) atoms. The van der Waals surface area contributed by atoms with Crippen molar-refractivity contribution < 1.29 is 9.53 Å². The quantitative estimate of drug-likeness (QED) is 0.326. The molecule has 2 aliphatic heterocycles. The third-order valence-electron chi connectivity index (χ3n) is 6.11. The van der Waals surface area contributed by atoms with Crippen LogP contribution >= 0.6 is 24.0 Å². The molecule has 3 rings (SSSR count). The number of aliphatic imine (C=N–C) groups is 1. The molecule has 0 spiro atoms. The normalized spacial score (nSPS) is 19.0. The number of ether oxygens (including phenoxy) is 1. The molecule has 3 N–H and O–H groups in total. The first-order valence-electron chi connectivity index (χ1n) is 11.3. The van der Waals surface area contributed by atoms with Gasteiger partial charge in [0.2, 0.25) is 0 Å². The number of carbonyl (C=O) groups is 1. The molecule has 2 saturated heterocycles. The van der Waals surface area contributed by atoms with Crippen molar-refractivity contribution in [2.75, 3.05) is 32.8 Å². The summed E-state index contributed by atoms with van der Waals surface area (Å²) in [5.74, 6) is 1.33. The van der Waals surface area contributed by atoms with Crippen LogP contribution in [-0.4, -0.2) is 60.7 Å². The van der Waals surface area contributed by atoms with Crippen molar-refractivity contribution in [3.63, 3.8) is 0 Å². The van der Waals surface area contributed by atoms with Crippen molar-refractivity contribution in [2.24, 2.45) is 16.6 Å². The molecular formula is C23H38IN5O2. The van der Waals surface area contributed by atoms with E-state index in [0.717, 1.165) is 30.9 Å². The number of likely N-dealkylation sites (tertiary alicyclic amines) is 2. The molecule has 2 heterocycles. The Morgan fingerprint density at radius 2 is 1.71 bits per heavy atom. The minimum atomic E-state index is -0.226. The maximum absolute atomic E-state index is 11.8. The Kier molecular flexibility index (Phi) is 10.9. The summed E-state index contributed by atoms with van der Waals surface area (Å²) in [5.41, 5.74) is 8.60. The molecule has 1 amide bonds. The van der Waals surface area contributed by atoms with Gasteiger partial charge in [0.05, 0.1) is 13.2 Å². The van der Waals surface area contributed by atoms with Gasteiger partial charge in [0, 0.05) is 25.7 Å². The number of carbonyl (C=O) groups excluding carboxylic acids is 1. The largest absolute Gasteiger partial charge is 0.450 e. The topological polar surface area (TPSA) is 83.2 Å². The highest BCUT2D eigenvalue weighted by Crippen LogP contribution is 2.18. The number of nitrogens with zero attached hydrogens (tertiary/aromatic N) is 3. The first-order valence-corrected chi connectivity index (χ1v) is 11.3. The minimum absolute atomic E-state index is 0. The van der Waals surface area contributed by atoms with Gasteiger partial charge in [-0.05, 0) is 62.7 Å². The summed E-state index contributed by atoms with van der Waals surface area (Å²) < 4.78 is 5.06. The Morgan fingerprint density at radius 1 is 1.10 bits per heavy atom. The number of hydrogen-bond donors (Lipinski definition) is 2. The van der Waals surface area contributed by atoms with Gasteiger partial charge < -0.3 is 20.7 Å². The second-order valence-electron chi connectivity index (χ2n) is 8.58. The van der Waals surface area contributed by atoms with E-state index in [4.69, 9.17) is 10.5 Å². The summed E-state index contributed by atoms with van der Waals surface area (Å²) in [7, 11) is 0. The van der Waals surface area contributed by atoms with Gasteiger partial charge in [-0.15, -0.1) is 24.0 Å². The number of nitrogens with two attached hydrogens (primary N) is 1. The number of nitrogens with one attached hydrogen (secondary N) is 1. The molecule has 0 saturated carbocycles. The molecule has 0 atom stereocenters. The van der Waals surface area contributed by atoms with E-state index in [1.54, 1.807) is 4.90 Å². The van der Waals surface area contributed by atoms with Crippen LogP contribution in [0.1, 0.15) is 50.7 Å². The third-order valence-corrected chi connectivity index (χ3v) is 6.11. The van der Waals surface area contributed by atoms with Crippen LogP contribution in [0.4, 0.5) is 4.79 Å². The highest BCUT2D eigenvalue weighted by atomic mass is 127. The lowest BCUT2D eigenvalue weighted by atomic mass is 9.99. The molecule has 2 aliphatic rings. The van der Waals surface area contributed by atoms with Gasteiger partial charge in [-0.25, -0.2) is 9.79 Å². The molecule has 0 aromatic heterocycles. The van der Waals surface area contributed by atoms with Gasteiger partial charge in [0.15, 0.2) is 5.96 Å². The van der Waals surface area contributed by atoms with E-state index in [9.17, 15) is 4.79 Å². The number of guanidine groups is 1. The highest BCUT2D eigenvalue weighted by molar-refractivity contribution is 14.0. The van der Waals surface area contributed by atoms with Crippen molar-refractivity contribution in [1.82, 2.24) is 15.1 Å². The summed E-state index contributed by atoms with van der Waals surface area (Å²) in [6.07, 6.45) is 4.08. The summed E-state index contributed by atoms with van der Waals surface area (Å²) in [4.78, 5) is 20.6. The monoisotopic (exact) mass is 543 g/mol. The van der Waals surface area contributed by atoms with E-state index in [1.807, 2.05) is 6.92 Å². The van der Waals surface area contributed by atoms with Crippen molar-refractivity contribution in [3.05, 3.63) is 35.4 Å². The molecule has 0 radical (unpaired) electrons. The summed E-state index contributed by atoms with van der Waals surface area (Å²) in [6.45, 7) is 9.96. The van der Waals surface area contributed by atoms with Gasteiger partial charge >= 0.3 is 6.09 Å². The highest BCUT2D eigenvalue weighted by Gasteiger charge is 2.23. The summed E-state index contributed by atoms with van der Waals surface area (Å²) in [6, 6.07) is 8.96. The van der Waals surface area contributed by atoms with E-state index in [-0.39, 0.29) is 36.1 Å². The number of rotatable bonds is 6. The average molecular weight is 543 g/mol. The van der Waals surface area contributed by atoms with Gasteiger partial charge in [-0.2, -0.15) is 0 Å². The molecule has 1 aromatic rings. The van der Waals surface area contributed by atoms with Crippen molar-refractivity contribution in [1.29, 1.82) is 0 Å². The van der Waals surface area contributed by atoms with Crippen LogP contribution in [0.5, 0.6) is 0 Å². The van der Waals surface area contributed by atoms with Crippen LogP contribution in [0.15, 0.2) is 29.3 Å². The fourth-order valence-electron chi connectivity index (χ4n) is 4.08. The molecule has 174 valence electrons. The van der Waals surface area contributed by atoms with E-state index < -0.39 is 0 Å². The number of halogens is 1. The van der Waals surface area contributed by atoms with Gasteiger partial charge in [-0.1, -0.05) is 31.2 Å². The fourth-order valence-corrected chi connectivity index (χ4v) is 4.08. The molecule has 8 heteroatoms. The number of benzene rings is 1. The molecule has 0 aliphatic carbocycles. The van der Waals surface area contributed by atoms with Gasteiger partial charge in [0.1, 0.15) is 0 Å². The average Bonchev–Trinajstić information content (AvgIpc) is 2.75. The first-order chi connectivity index (χ1) is 14.5. The third kappa shape index (κ3) is 8.48. The van der Waals surface area contributed by atoms with Crippen molar-refractivity contribution in [3.8, 4) is 0 Å². The smallest absolute Gasteiger partial charge is 0.409 e. The SMILES string of the molecule is CCOC(=O)N1CCC(NC(N)=NCc2ccc(CN3CCC(C)CC3)cc2)CC1.I. The summed E-state index contributed by atoms with van der Waals surface area (Å²) in [5, 5.41) is 3.29. The Hall–Kier alpha value is -1.55. The first kappa shape index (κ1) is 25.7. The van der Waals surface area contributed by atoms with E-state index in [0.29, 0.717) is 32.2 Å². The van der Waals surface area contributed by atoms with Gasteiger partial charge in [-0.3, -0.25) is 4.90 Å². The van der Waals surface area contributed by atoms with E-state index >= 15 is 0 Å². The van der Waals surface area contributed by atoms with Crippen molar-refractivity contribution in [2.45, 2.75) is 58.7 Å². The molecule has 1 aromatic carbocycles. The number of hydrogen-bond acceptors (Lipinski definition) is 4. The Bertz CT molecular complexity index is 696. The zero-order chi connectivity index (χ0) is 21.3. The Balaban J connectivity index is 0.00000341. The second-order valence-corrected chi connectivity index (χ2v) is 8.58. The predicted octanol–water partition coefficient (Wildman–Crippen LogP) is 3.56. The lowest BCUT2D eigenvalue weighted by Crippen LogP contribution is -2.48. The van der Waals surface area contributed by atoms with Crippen LogP contribution < -0.4 is 11.1 Å². The zero-order valence-corrected chi connectivity index (χ0v) is 21.2.